The monoisotopic (exact) mass is 168 g/mol. The van der Waals surface area contributed by atoms with Crippen LogP contribution in [0.4, 0.5) is 0 Å². The van der Waals surface area contributed by atoms with Crippen LogP contribution in [0.5, 0.6) is 0 Å². The molecule has 0 saturated carbocycles. The van der Waals surface area contributed by atoms with Crippen molar-refractivity contribution in [1.82, 2.24) is 0 Å². The topological polar surface area (TPSA) is 0 Å². The number of hydrogen-bond acceptors (Lipinski definition) is 0. The van der Waals surface area contributed by atoms with E-state index in [4.69, 9.17) is 0 Å². The van der Waals surface area contributed by atoms with Crippen LogP contribution in [-0.4, -0.2) is 0 Å². The van der Waals surface area contributed by atoms with Gasteiger partial charge in [-0.2, -0.15) is 0 Å². The summed E-state index contributed by atoms with van der Waals surface area (Å²) >= 11 is 0. The van der Waals surface area contributed by atoms with Gasteiger partial charge in [0.1, 0.15) is 0 Å². The van der Waals surface area contributed by atoms with Crippen molar-refractivity contribution >= 4 is 11.6 Å². The number of aryl methyl sites for hydroxylation is 2. The zero-order chi connectivity index (χ0) is 8.84. The zero-order valence-corrected chi connectivity index (χ0v) is 7.64. The first kappa shape index (κ1) is 7.14. The van der Waals surface area contributed by atoms with E-state index < -0.39 is 0 Å². The number of hydrogen-bond donors (Lipinski definition) is 0. The van der Waals surface area contributed by atoms with Crippen LogP contribution in [-0.2, 0) is 12.8 Å². The third-order valence-electron chi connectivity index (χ3n) is 3.07. The average molecular weight is 168 g/mol. The summed E-state index contributed by atoms with van der Waals surface area (Å²) in [7, 11) is 0. The molecular weight excluding hydrogens is 156 g/mol. The van der Waals surface area contributed by atoms with Crippen molar-refractivity contribution in [2.24, 2.45) is 0 Å². The molecule has 3 rings (SSSR count). The Morgan fingerprint density at radius 2 is 1.77 bits per heavy atom. The molecule has 0 fully saturated rings. The van der Waals surface area contributed by atoms with Gasteiger partial charge in [0.05, 0.1) is 0 Å². The van der Waals surface area contributed by atoms with Crippen LogP contribution in [0, 0.1) is 0 Å². The van der Waals surface area contributed by atoms with E-state index in [1.54, 1.807) is 11.1 Å². The second kappa shape index (κ2) is 2.35. The zero-order valence-electron chi connectivity index (χ0n) is 7.64. The van der Waals surface area contributed by atoms with E-state index in [1.807, 2.05) is 0 Å². The second-order valence-electron chi connectivity index (χ2n) is 3.92. The third-order valence-corrected chi connectivity index (χ3v) is 3.07. The Kier molecular flexibility index (Phi) is 1.29. The van der Waals surface area contributed by atoms with Gasteiger partial charge >= 0.3 is 0 Å². The lowest BCUT2D eigenvalue weighted by Gasteiger charge is -2.04. The molecule has 2 aliphatic rings. The van der Waals surface area contributed by atoms with Crippen LogP contribution in [0.25, 0.3) is 11.6 Å². The van der Waals surface area contributed by atoms with Gasteiger partial charge in [0.2, 0.25) is 0 Å². The predicted octanol–water partition coefficient (Wildman–Crippen LogP) is 3.22. The molecule has 0 aromatic heterocycles. The molecule has 0 bridgehead atoms. The van der Waals surface area contributed by atoms with Crippen molar-refractivity contribution < 1.29 is 0 Å². The largest absolute Gasteiger partial charge is 0.0911 e. The molecule has 1 aromatic carbocycles. The molecular formula is C13H12. The minimum atomic E-state index is 1.17. The minimum absolute atomic E-state index is 1.17. The summed E-state index contributed by atoms with van der Waals surface area (Å²) in [5, 5.41) is 0. The van der Waals surface area contributed by atoms with Crippen LogP contribution in [0.3, 0.4) is 0 Å². The molecule has 0 unspecified atom stereocenters. The van der Waals surface area contributed by atoms with Crippen LogP contribution in [0.2, 0.25) is 0 Å². The maximum Gasteiger partial charge on any atom is -0.0114 e. The lowest BCUT2D eigenvalue weighted by atomic mass is 10.0. The Labute approximate surface area is 78.6 Å². The van der Waals surface area contributed by atoms with Crippen molar-refractivity contribution in [2.75, 3.05) is 0 Å². The molecule has 0 heteroatoms. The molecule has 0 radical (unpaired) electrons. The van der Waals surface area contributed by atoms with E-state index in [0.29, 0.717) is 0 Å². The summed E-state index contributed by atoms with van der Waals surface area (Å²) in [6, 6.07) is 4.67. The summed E-state index contributed by atoms with van der Waals surface area (Å²) in [5.74, 6) is 0. The van der Waals surface area contributed by atoms with Crippen molar-refractivity contribution in [2.45, 2.75) is 19.3 Å². The number of rotatable bonds is 0. The quantitative estimate of drug-likeness (QED) is 0.558. The van der Waals surface area contributed by atoms with Gasteiger partial charge in [-0.25, -0.2) is 0 Å². The fourth-order valence-electron chi connectivity index (χ4n) is 2.34. The van der Waals surface area contributed by atoms with Gasteiger partial charge < -0.3 is 0 Å². The summed E-state index contributed by atoms with van der Waals surface area (Å²) in [5.41, 5.74) is 6.98. The third kappa shape index (κ3) is 0.918. The van der Waals surface area contributed by atoms with Crippen molar-refractivity contribution in [3.05, 3.63) is 47.0 Å². The highest BCUT2D eigenvalue weighted by atomic mass is 14.2. The van der Waals surface area contributed by atoms with Gasteiger partial charge in [0.15, 0.2) is 0 Å². The summed E-state index contributed by atoms with van der Waals surface area (Å²) in [6.07, 6.45) is 8.14. The van der Waals surface area contributed by atoms with Gasteiger partial charge in [0.25, 0.3) is 0 Å². The van der Waals surface area contributed by atoms with E-state index in [2.05, 4.69) is 30.9 Å². The van der Waals surface area contributed by atoms with Gasteiger partial charge in [-0.1, -0.05) is 30.9 Å². The molecule has 13 heavy (non-hydrogen) atoms. The first-order valence-corrected chi connectivity index (χ1v) is 4.88. The Morgan fingerprint density at radius 1 is 1.00 bits per heavy atom. The molecule has 0 nitrogen and oxygen atoms in total. The van der Waals surface area contributed by atoms with Crippen LogP contribution < -0.4 is 0 Å². The summed E-state index contributed by atoms with van der Waals surface area (Å²) in [6.45, 7) is 4.03. The molecule has 0 amide bonds. The molecule has 64 valence electrons. The van der Waals surface area contributed by atoms with E-state index in [1.165, 1.54) is 36.0 Å². The number of benzene rings is 1. The molecule has 0 N–H and O–H groups in total. The van der Waals surface area contributed by atoms with Gasteiger partial charge in [-0.15, -0.1) is 0 Å². The van der Waals surface area contributed by atoms with Gasteiger partial charge in [-0.3, -0.25) is 0 Å². The van der Waals surface area contributed by atoms with E-state index in [9.17, 15) is 0 Å². The van der Waals surface area contributed by atoms with Crippen LogP contribution >= 0.6 is 0 Å². The predicted molar refractivity (Wildman–Crippen MR) is 56.5 cm³/mol. The van der Waals surface area contributed by atoms with Crippen LogP contribution in [0.1, 0.15) is 28.7 Å². The summed E-state index contributed by atoms with van der Waals surface area (Å²) < 4.78 is 0. The average Bonchev–Trinajstić information content (AvgIpc) is 2.70. The minimum Gasteiger partial charge on any atom is -0.0911 e. The van der Waals surface area contributed by atoms with Crippen molar-refractivity contribution in [1.29, 1.82) is 0 Å². The Bertz CT molecular complexity index is 422. The first-order chi connectivity index (χ1) is 6.34. The Morgan fingerprint density at radius 3 is 2.62 bits per heavy atom. The Balaban J connectivity index is 2.26. The number of allylic oxidation sites excluding steroid dienone is 2. The summed E-state index contributed by atoms with van der Waals surface area (Å²) in [4.78, 5) is 0. The highest BCUT2D eigenvalue weighted by molar-refractivity contribution is 5.89. The molecule has 0 aliphatic heterocycles. The van der Waals surface area contributed by atoms with Crippen molar-refractivity contribution in [3.8, 4) is 0 Å². The molecule has 1 aromatic rings. The Hall–Kier alpha value is -1.30. The highest BCUT2D eigenvalue weighted by Crippen LogP contribution is 2.33. The van der Waals surface area contributed by atoms with Gasteiger partial charge in [0, 0.05) is 0 Å². The van der Waals surface area contributed by atoms with E-state index in [-0.39, 0.29) is 0 Å². The fourth-order valence-corrected chi connectivity index (χ4v) is 2.34. The van der Waals surface area contributed by atoms with E-state index in [0.717, 1.165) is 0 Å². The normalized spacial score (nSPS) is 17.7. The molecule has 0 heterocycles. The lowest BCUT2D eigenvalue weighted by molar-refractivity contribution is 0.911. The van der Waals surface area contributed by atoms with Gasteiger partial charge in [-0.05, 0) is 47.1 Å². The maximum absolute atomic E-state index is 4.03. The number of fused-ring (bicyclic) bond motifs is 2. The fraction of sp³-hybridized carbons (Fsp3) is 0.231. The lowest BCUT2D eigenvalue weighted by Crippen LogP contribution is -1.87. The molecule has 2 aliphatic carbocycles. The van der Waals surface area contributed by atoms with Crippen LogP contribution in [0.15, 0.2) is 24.8 Å². The standard InChI is InChI=1S/C13H12/c1-9-5-6-12-7-10-3-2-4-11(10)8-13(9)12/h5-8H,1-4H2. The SMILES string of the molecule is C=C1C=Cc2cc3c(cc21)CCC3. The first-order valence-electron chi connectivity index (χ1n) is 4.88. The molecule has 0 atom stereocenters. The highest BCUT2D eigenvalue weighted by Gasteiger charge is 2.16. The smallest absolute Gasteiger partial charge is 0.0114 e. The second-order valence-corrected chi connectivity index (χ2v) is 3.92. The molecule has 0 spiro atoms. The van der Waals surface area contributed by atoms with E-state index >= 15 is 0 Å². The van der Waals surface area contributed by atoms with Crippen molar-refractivity contribution in [3.63, 3.8) is 0 Å². The maximum atomic E-state index is 4.03. The molecule has 0 saturated heterocycles.